The minimum absolute atomic E-state index is 0.247. The molecular weight excluding hydrogens is 400 g/mol. The molecule has 2 fully saturated rings. The normalized spacial score (nSPS) is 26.8. The van der Waals surface area contributed by atoms with Crippen molar-refractivity contribution in [1.29, 1.82) is 0 Å². The molecule has 3 atom stereocenters. The van der Waals surface area contributed by atoms with Crippen LogP contribution in [-0.4, -0.2) is 60.3 Å². The van der Waals surface area contributed by atoms with Gasteiger partial charge in [-0.25, -0.2) is 0 Å². The van der Waals surface area contributed by atoms with Crippen LogP contribution in [0.25, 0.3) is 0 Å². The molecule has 1 unspecified atom stereocenters. The molecule has 2 aromatic carbocycles. The highest BCUT2D eigenvalue weighted by Gasteiger charge is 2.61. The number of rotatable bonds is 4. The van der Waals surface area contributed by atoms with Crippen LogP contribution in [0.4, 0.5) is 5.69 Å². The molecule has 160 valence electrons. The zero-order chi connectivity index (χ0) is 21.9. The average molecular weight is 422 g/mol. The molecule has 8 nitrogen and oxygen atoms in total. The minimum Gasteiger partial charge on any atom is -0.497 e. The molecular formula is C23H22N2O6. The lowest BCUT2D eigenvalue weighted by atomic mass is 9.87. The lowest BCUT2D eigenvalue weighted by molar-refractivity contribution is -0.152. The largest absolute Gasteiger partial charge is 0.497 e. The van der Waals surface area contributed by atoms with Crippen LogP contribution in [-0.2, 0) is 14.3 Å². The van der Waals surface area contributed by atoms with E-state index in [1.165, 1.54) is 0 Å². The topological polar surface area (TPSA) is 85.4 Å². The second-order valence-corrected chi connectivity index (χ2v) is 8.23. The molecule has 0 bridgehead atoms. The number of hydrogen-bond acceptors (Lipinski definition) is 6. The fourth-order valence-electron chi connectivity index (χ4n) is 4.51. The van der Waals surface area contributed by atoms with Gasteiger partial charge in [-0.05, 0) is 50.2 Å². The Hall–Kier alpha value is -3.23. The van der Waals surface area contributed by atoms with Crippen LogP contribution in [0.15, 0.2) is 48.5 Å². The van der Waals surface area contributed by atoms with E-state index in [9.17, 15) is 14.4 Å². The maximum Gasteiger partial charge on any atom is 0.262 e. The number of nitrogens with zero attached hydrogens (tertiary/aromatic N) is 2. The van der Waals surface area contributed by atoms with E-state index in [4.69, 9.17) is 14.2 Å². The maximum absolute atomic E-state index is 13.3. The summed E-state index contributed by atoms with van der Waals surface area (Å²) in [6.07, 6.45) is -0.496. The molecule has 5 rings (SSSR count). The van der Waals surface area contributed by atoms with Crippen LogP contribution in [0, 0.1) is 0 Å². The average Bonchev–Trinajstić information content (AvgIpc) is 3.24. The van der Waals surface area contributed by atoms with Gasteiger partial charge in [0.05, 0.1) is 30.9 Å². The van der Waals surface area contributed by atoms with Gasteiger partial charge in [0.2, 0.25) is 0 Å². The first kappa shape index (κ1) is 19.7. The number of methoxy groups -OCH3 is 1. The van der Waals surface area contributed by atoms with Crippen LogP contribution in [0.5, 0.6) is 5.75 Å². The highest BCUT2D eigenvalue weighted by molar-refractivity contribution is 6.24. The molecule has 3 aliphatic heterocycles. The van der Waals surface area contributed by atoms with Crippen molar-refractivity contribution in [1.82, 2.24) is 4.90 Å². The van der Waals surface area contributed by atoms with Crippen LogP contribution in [0.3, 0.4) is 0 Å². The Morgan fingerprint density at radius 3 is 2.06 bits per heavy atom. The third-order valence-electron chi connectivity index (χ3n) is 5.98. The molecule has 0 N–H and O–H groups in total. The zero-order valence-corrected chi connectivity index (χ0v) is 17.4. The van der Waals surface area contributed by atoms with Crippen LogP contribution in [0.2, 0.25) is 0 Å². The Bertz CT molecular complexity index is 1040. The lowest BCUT2D eigenvalue weighted by Crippen LogP contribution is -2.75. The molecule has 0 saturated carbocycles. The smallest absolute Gasteiger partial charge is 0.262 e. The molecule has 2 saturated heterocycles. The van der Waals surface area contributed by atoms with E-state index in [1.54, 1.807) is 74.4 Å². The second kappa shape index (κ2) is 6.90. The lowest BCUT2D eigenvalue weighted by Gasteiger charge is -2.51. The monoisotopic (exact) mass is 422 g/mol. The van der Waals surface area contributed by atoms with E-state index in [-0.39, 0.29) is 12.5 Å². The second-order valence-electron chi connectivity index (χ2n) is 8.23. The summed E-state index contributed by atoms with van der Waals surface area (Å²) in [5.41, 5.74) is 1.26. The summed E-state index contributed by atoms with van der Waals surface area (Å²) < 4.78 is 17.0. The van der Waals surface area contributed by atoms with Gasteiger partial charge in [0.1, 0.15) is 17.9 Å². The number of β-lactam (4-membered cyclic amide) rings is 1. The predicted molar refractivity (Wildman–Crippen MR) is 110 cm³/mol. The third-order valence-corrected chi connectivity index (χ3v) is 5.98. The van der Waals surface area contributed by atoms with E-state index in [1.807, 2.05) is 0 Å². The van der Waals surface area contributed by atoms with Crippen LogP contribution >= 0.6 is 0 Å². The molecule has 0 radical (unpaired) electrons. The molecule has 3 heterocycles. The predicted octanol–water partition coefficient (Wildman–Crippen LogP) is 2.23. The van der Waals surface area contributed by atoms with Crippen molar-refractivity contribution in [2.45, 2.75) is 37.8 Å². The van der Waals surface area contributed by atoms with E-state index >= 15 is 0 Å². The first-order valence-electron chi connectivity index (χ1n) is 10.1. The van der Waals surface area contributed by atoms with Crippen molar-refractivity contribution in [2.75, 3.05) is 18.6 Å². The summed E-state index contributed by atoms with van der Waals surface area (Å²) in [5.74, 6) is -1.42. The third kappa shape index (κ3) is 2.94. The summed E-state index contributed by atoms with van der Waals surface area (Å²) >= 11 is 0. The number of hydrogen-bond donors (Lipinski definition) is 0. The number of benzene rings is 2. The van der Waals surface area contributed by atoms with Crippen molar-refractivity contribution in [3.63, 3.8) is 0 Å². The van der Waals surface area contributed by atoms with Crippen molar-refractivity contribution in [2.24, 2.45) is 0 Å². The number of fused-ring (bicyclic) bond motifs is 1. The first-order chi connectivity index (χ1) is 14.8. The van der Waals surface area contributed by atoms with Crippen LogP contribution in [0.1, 0.15) is 34.6 Å². The Kier molecular flexibility index (Phi) is 4.39. The molecule has 2 aromatic rings. The van der Waals surface area contributed by atoms with Gasteiger partial charge >= 0.3 is 0 Å². The molecule has 3 amide bonds. The Morgan fingerprint density at radius 2 is 1.55 bits per heavy atom. The van der Waals surface area contributed by atoms with Gasteiger partial charge in [0.15, 0.2) is 5.79 Å². The summed E-state index contributed by atoms with van der Waals surface area (Å²) in [5, 5.41) is 0. The quantitative estimate of drug-likeness (QED) is 0.555. The number of carbonyl (C=O) groups excluding carboxylic acids is 3. The molecule has 0 aliphatic carbocycles. The first-order valence-corrected chi connectivity index (χ1v) is 10.1. The molecule has 0 aromatic heterocycles. The molecule has 8 heteroatoms. The van der Waals surface area contributed by atoms with Crippen molar-refractivity contribution in [3.8, 4) is 5.75 Å². The standard InChI is InChI=1S/C23H22N2O6/c1-23(2)30-12-17(31-23)18-19(22(28)24(18)13-8-10-14(29-3)11-9-13)25-20(26)15-6-4-5-7-16(15)21(25)27/h4-11,17-19H,12H2,1-3H3/t17?,18-,19-/m0/s1. The van der Waals surface area contributed by atoms with Gasteiger partial charge in [0, 0.05) is 5.69 Å². The number of imide groups is 1. The van der Waals surface area contributed by atoms with Gasteiger partial charge in [-0.3, -0.25) is 19.3 Å². The Labute approximate surface area is 179 Å². The number of ether oxygens (including phenoxy) is 3. The van der Waals surface area contributed by atoms with Gasteiger partial charge in [-0.2, -0.15) is 0 Å². The van der Waals surface area contributed by atoms with Gasteiger partial charge < -0.3 is 19.1 Å². The van der Waals surface area contributed by atoms with Crippen molar-refractivity contribution < 1.29 is 28.6 Å². The van der Waals surface area contributed by atoms with E-state index in [2.05, 4.69) is 0 Å². The van der Waals surface area contributed by atoms with E-state index < -0.39 is 35.8 Å². The maximum atomic E-state index is 13.3. The number of carbonyl (C=O) groups is 3. The van der Waals surface area contributed by atoms with E-state index in [0.717, 1.165) is 4.90 Å². The molecule has 0 spiro atoms. The van der Waals surface area contributed by atoms with E-state index in [0.29, 0.717) is 22.6 Å². The number of anilines is 1. The highest BCUT2D eigenvalue weighted by atomic mass is 16.7. The molecule has 3 aliphatic rings. The van der Waals surface area contributed by atoms with Gasteiger partial charge in [-0.15, -0.1) is 0 Å². The summed E-state index contributed by atoms with van der Waals surface area (Å²) in [7, 11) is 1.57. The Balaban J connectivity index is 1.52. The highest BCUT2D eigenvalue weighted by Crippen LogP contribution is 2.41. The number of amides is 3. The summed E-state index contributed by atoms with van der Waals surface area (Å²) in [6.45, 7) is 3.84. The van der Waals surface area contributed by atoms with Gasteiger partial charge in [0.25, 0.3) is 17.7 Å². The van der Waals surface area contributed by atoms with Crippen molar-refractivity contribution in [3.05, 3.63) is 59.7 Å². The van der Waals surface area contributed by atoms with Gasteiger partial charge in [-0.1, -0.05) is 12.1 Å². The van der Waals surface area contributed by atoms with Crippen LogP contribution < -0.4 is 9.64 Å². The zero-order valence-electron chi connectivity index (χ0n) is 17.4. The summed E-state index contributed by atoms with van der Waals surface area (Å²) in [4.78, 5) is 42.1. The Morgan fingerprint density at radius 1 is 0.935 bits per heavy atom. The van der Waals surface area contributed by atoms with Crippen molar-refractivity contribution >= 4 is 23.4 Å². The summed E-state index contributed by atoms with van der Waals surface area (Å²) in [6, 6.07) is 12.1. The fourth-order valence-corrected chi connectivity index (χ4v) is 4.51. The minimum atomic E-state index is -0.961. The fraction of sp³-hybridized carbons (Fsp3) is 0.348. The molecule has 31 heavy (non-hydrogen) atoms. The SMILES string of the molecule is COc1ccc(N2C(=O)[C@@H](N3C(=O)c4ccccc4C3=O)[C@@H]2C2COC(C)(C)O2)cc1.